The number of hydrogen-bond acceptors (Lipinski definition) is 2. The Bertz CT molecular complexity index is 584. The second kappa shape index (κ2) is 6.11. The summed E-state index contributed by atoms with van der Waals surface area (Å²) < 4.78 is 10.6. The fourth-order valence-electron chi connectivity index (χ4n) is 2.15. The van der Waals surface area contributed by atoms with Gasteiger partial charge in [-0.15, -0.1) is 0 Å². The molecule has 0 aliphatic heterocycles. The lowest BCUT2D eigenvalue weighted by Gasteiger charge is -2.10. The van der Waals surface area contributed by atoms with Gasteiger partial charge in [-0.3, -0.25) is 0 Å². The second-order valence-electron chi connectivity index (χ2n) is 4.32. The first-order chi connectivity index (χ1) is 9.73. The quantitative estimate of drug-likeness (QED) is 0.783. The fourth-order valence-corrected chi connectivity index (χ4v) is 2.15. The van der Waals surface area contributed by atoms with Crippen LogP contribution in [0.25, 0.3) is 23.3 Å². The van der Waals surface area contributed by atoms with E-state index >= 15 is 0 Å². The fraction of sp³-hybridized carbons (Fsp3) is 0.111. The Morgan fingerprint density at radius 1 is 0.750 bits per heavy atom. The largest absolute Gasteiger partial charge is 0.496 e. The van der Waals surface area contributed by atoms with E-state index in [0.29, 0.717) is 0 Å². The molecule has 0 bridgehead atoms. The van der Waals surface area contributed by atoms with Gasteiger partial charge in [0, 0.05) is 11.1 Å². The molecular weight excluding hydrogens is 248 g/mol. The first-order valence-corrected chi connectivity index (χ1v) is 6.34. The zero-order valence-corrected chi connectivity index (χ0v) is 11.8. The molecule has 102 valence electrons. The summed E-state index contributed by atoms with van der Waals surface area (Å²) in [4.78, 5) is 0. The number of hydrogen-bond donors (Lipinski definition) is 0. The molecule has 0 aromatic heterocycles. The maximum Gasteiger partial charge on any atom is 0.126 e. The third-order valence-corrected chi connectivity index (χ3v) is 3.23. The molecule has 2 heteroatoms. The zero-order chi connectivity index (χ0) is 14.5. The van der Waals surface area contributed by atoms with E-state index in [1.54, 1.807) is 26.4 Å². The van der Waals surface area contributed by atoms with Gasteiger partial charge in [0.15, 0.2) is 0 Å². The van der Waals surface area contributed by atoms with Crippen LogP contribution in [0.4, 0.5) is 0 Å². The molecule has 0 unspecified atom stereocenters. The van der Waals surface area contributed by atoms with Crippen LogP contribution in [0.5, 0.6) is 11.5 Å². The molecular formula is C18H18O2. The van der Waals surface area contributed by atoms with Crippen molar-refractivity contribution in [2.75, 3.05) is 14.2 Å². The lowest BCUT2D eigenvalue weighted by molar-refractivity contribution is 0.413. The molecule has 0 radical (unpaired) electrons. The van der Waals surface area contributed by atoms with E-state index in [-0.39, 0.29) is 0 Å². The Labute approximate surface area is 120 Å². The average molecular weight is 266 g/mol. The Balaban J connectivity index is 2.51. The van der Waals surface area contributed by atoms with Gasteiger partial charge in [0.2, 0.25) is 0 Å². The number of rotatable bonds is 5. The molecule has 0 heterocycles. The lowest BCUT2D eigenvalue weighted by Crippen LogP contribution is -1.90. The third-order valence-electron chi connectivity index (χ3n) is 3.23. The van der Waals surface area contributed by atoms with E-state index in [9.17, 15) is 0 Å². The van der Waals surface area contributed by atoms with Gasteiger partial charge in [0.1, 0.15) is 11.5 Å². The number of methoxy groups -OCH3 is 2. The summed E-state index contributed by atoms with van der Waals surface area (Å²) in [6, 6.07) is 12.1. The SMILES string of the molecule is C=Cc1cc(-c2ccc(OC)c(C=C)c2)ccc1OC. The molecule has 0 amide bonds. The predicted octanol–water partition coefficient (Wildman–Crippen LogP) is 4.66. The van der Waals surface area contributed by atoms with Crippen molar-refractivity contribution in [3.63, 3.8) is 0 Å². The van der Waals surface area contributed by atoms with Crippen LogP contribution in [-0.4, -0.2) is 14.2 Å². The normalized spacial score (nSPS) is 9.90. The van der Waals surface area contributed by atoms with E-state index in [1.807, 2.05) is 24.3 Å². The summed E-state index contributed by atoms with van der Waals surface area (Å²) in [5.74, 6) is 1.64. The predicted molar refractivity (Wildman–Crippen MR) is 85.2 cm³/mol. The van der Waals surface area contributed by atoms with Gasteiger partial charge in [0.25, 0.3) is 0 Å². The minimum Gasteiger partial charge on any atom is -0.496 e. The molecule has 0 saturated heterocycles. The second-order valence-corrected chi connectivity index (χ2v) is 4.32. The van der Waals surface area contributed by atoms with Crippen LogP contribution in [0, 0.1) is 0 Å². The lowest BCUT2D eigenvalue weighted by atomic mass is 10.00. The van der Waals surface area contributed by atoms with Gasteiger partial charge in [-0.05, 0) is 35.4 Å². The summed E-state index contributed by atoms with van der Waals surface area (Å²) in [7, 11) is 3.32. The van der Waals surface area contributed by atoms with Crippen molar-refractivity contribution in [1.82, 2.24) is 0 Å². The van der Waals surface area contributed by atoms with Gasteiger partial charge in [0.05, 0.1) is 14.2 Å². The number of benzene rings is 2. The summed E-state index contributed by atoms with van der Waals surface area (Å²) >= 11 is 0. The van der Waals surface area contributed by atoms with Crippen molar-refractivity contribution in [3.05, 3.63) is 60.7 Å². The van der Waals surface area contributed by atoms with Crippen LogP contribution >= 0.6 is 0 Å². The van der Waals surface area contributed by atoms with Crippen LogP contribution in [-0.2, 0) is 0 Å². The van der Waals surface area contributed by atoms with Crippen LogP contribution in [0.3, 0.4) is 0 Å². The van der Waals surface area contributed by atoms with Crippen molar-refractivity contribution >= 4 is 12.2 Å². The molecule has 0 spiro atoms. The molecule has 0 aliphatic carbocycles. The molecule has 2 aromatic rings. The smallest absolute Gasteiger partial charge is 0.126 e. The van der Waals surface area contributed by atoms with Gasteiger partial charge in [-0.2, -0.15) is 0 Å². The van der Waals surface area contributed by atoms with Crippen LogP contribution in [0.15, 0.2) is 49.6 Å². The van der Waals surface area contributed by atoms with Crippen molar-refractivity contribution in [3.8, 4) is 22.6 Å². The van der Waals surface area contributed by atoms with Crippen LogP contribution in [0.2, 0.25) is 0 Å². The molecule has 0 aliphatic rings. The first-order valence-electron chi connectivity index (χ1n) is 6.34. The summed E-state index contributed by atoms with van der Waals surface area (Å²) in [5.41, 5.74) is 4.15. The maximum atomic E-state index is 5.30. The number of ether oxygens (including phenoxy) is 2. The van der Waals surface area contributed by atoms with Gasteiger partial charge in [-0.1, -0.05) is 37.4 Å². The monoisotopic (exact) mass is 266 g/mol. The van der Waals surface area contributed by atoms with E-state index < -0.39 is 0 Å². The highest BCUT2D eigenvalue weighted by Gasteiger charge is 2.06. The molecule has 0 N–H and O–H groups in total. The molecule has 20 heavy (non-hydrogen) atoms. The molecule has 2 rings (SSSR count). The highest BCUT2D eigenvalue weighted by atomic mass is 16.5. The van der Waals surface area contributed by atoms with Crippen molar-refractivity contribution in [2.45, 2.75) is 0 Å². The zero-order valence-electron chi connectivity index (χ0n) is 11.8. The van der Waals surface area contributed by atoms with Crippen molar-refractivity contribution < 1.29 is 9.47 Å². The molecule has 2 nitrogen and oxygen atoms in total. The average Bonchev–Trinajstić information content (AvgIpc) is 2.53. The molecule has 0 atom stereocenters. The first kappa shape index (κ1) is 13.9. The van der Waals surface area contributed by atoms with E-state index in [2.05, 4.69) is 25.3 Å². The Kier molecular flexibility index (Phi) is 4.26. The Morgan fingerprint density at radius 3 is 1.45 bits per heavy atom. The Hall–Kier alpha value is -2.48. The summed E-state index contributed by atoms with van der Waals surface area (Å²) in [5, 5.41) is 0. The van der Waals surface area contributed by atoms with E-state index in [4.69, 9.17) is 9.47 Å². The van der Waals surface area contributed by atoms with Gasteiger partial charge < -0.3 is 9.47 Å². The highest BCUT2D eigenvalue weighted by Crippen LogP contribution is 2.30. The third kappa shape index (κ3) is 2.59. The Morgan fingerprint density at radius 2 is 1.15 bits per heavy atom. The van der Waals surface area contributed by atoms with Crippen LogP contribution in [0.1, 0.15) is 11.1 Å². The van der Waals surface area contributed by atoms with Crippen molar-refractivity contribution in [2.24, 2.45) is 0 Å². The summed E-state index contributed by atoms with van der Waals surface area (Å²) in [6.45, 7) is 7.64. The van der Waals surface area contributed by atoms with Gasteiger partial charge >= 0.3 is 0 Å². The molecule has 2 aromatic carbocycles. The van der Waals surface area contributed by atoms with Crippen molar-refractivity contribution in [1.29, 1.82) is 0 Å². The maximum absolute atomic E-state index is 5.30. The van der Waals surface area contributed by atoms with Crippen LogP contribution < -0.4 is 9.47 Å². The van der Waals surface area contributed by atoms with E-state index in [0.717, 1.165) is 33.8 Å². The minimum absolute atomic E-state index is 0.821. The minimum atomic E-state index is 0.821. The molecule has 0 saturated carbocycles. The topological polar surface area (TPSA) is 18.5 Å². The van der Waals surface area contributed by atoms with E-state index in [1.165, 1.54) is 0 Å². The standard InChI is InChI=1S/C18H18O2/c1-5-13-11-15(7-9-17(13)19-3)16-8-10-18(20-4)14(6-2)12-16/h5-12H,1-2H2,3-4H3. The van der Waals surface area contributed by atoms with Gasteiger partial charge in [-0.25, -0.2) is 0 Å². The molecule has 0 fully saturated rings. The highest BCUT2D eigenvalue weighted by molar-refractivity contribution is 5.73. The summed E-state index contributed by atoms with van der Waals surface area (Å²) in [6.07, 6.45) is 3.58.